The number of halogens is 1. The lowest BCUT2D eigenvalue weighted by molar-refractivity contribution is -0.171. The van der Waals surface area contributed by atoms with Gasteiger partial charge < -0.3 is 24.0 Å². The summed E-state index contributed by atoms with van der Waals surface area (Å²) in [6.07, 6.45) is 4.54. The van der Waals surface area contributed by atoms with E-state index in [-0.39, 0.29) is 17.3 Å². The number of piperidine rings is 1. The summed E-state index contributed by atoms with van der Waals surface area (Å²) < 4.78 is 31.9. The third-order valence-corrected chi connectivity index (χ3v) is 8.31. The number of aryl methyl sites for hydroxylation is 2. The molecule has 0 aliphatic carbocycles. The number of likely N-dealkylation sites (N-methyl/N-ethyl adjacent to an activating group) is 1. The highest BCUT2D eigenvalue weighted by molar-refractivity contribution is 5.87. The van der Waals surface area contributed by atoms with Crippen LogP contribution >= 0.6 is 0 Å². The predicted molar refractivity (Wildman–Crippen MR) is 182 cm³/mol. The van der Waals surface area contributed by atoms with E-state index in [2.05, 4.69) is 18.7 Å². The highest BCUT2D eigenvalue weighted by Crippen LogP contribution is 2.43. The van der Waals surface area contributed by atoms with Gasteiger partial charge in [-0.3, -0.25) is 4.98 Å². The van der Waals surface area contributed by atoms with Gasteiger partial charge in [0.1, 0.15) is 24.0 Å². The van der Waals surface area contributed by atoms with E-state index in [1.807, 2.05) is 78.0 Å². The van der Waals surface area contributed by atoms with Crippen LogP contribution in [0.2, 0.25) is 0 Å². The van der Waals surface area contributed by atoms with Crippen molar-refractivity contribution < 1.29 is 23.4 Å². The number of carbonyl (C=O) groups excluding carboxylic acids is 1. The maximum absolute atomic E-state index is 13.9. The van der Waals surface area contributed by atoms with Crippen LogP contribution < -0.4 is 14.5 Å². The predicted octanol–water partition coefficient (Wildman–Crippen LogP) is 7.85. The highest BCUT2D eigenvalue weighted by atomic mass is 19.1. The lowest BCUT2D eigenvalue weighted by Crippen LogP contribution is -2.39. The Labute approximate surface area is 274 Å². The van der Waals surface area contributed by atoms with Gasteiger partial charge in [0.15, 0.2) is 6.10 Å². The van der Waals surface area contributed by atoms with Crippen LogP contribution in [0.25, 0.3) is 11.1 Å². The Balaban J connectivity index is 1.68. The van der Waals surface area contributed by atoms with E-state index in [4.69, 9.17) is 24.2 Å². The van der Waals surface area contributed by atoms with Crippen molar-refractivity contribution in [3.63, 3.8) is 0 Å². The van der Waals surface area contributed by atoms with Gasteiger partial charge in [-0.05, 0) is 90.5 Å². The van der Waals surface area contributed by atoms with Crippen LogP contribution in [-0.4, -0.2) is 60.9 Å². The zero-order chi connectivity index (χ0) is 33.8. The topological polar surface area (TPSA) is 77.0 Å². The maximum atomic E-state index is 13.9. The Morgan fingerprint density at radius 3 is 2.35 bits per heavy atom. The fourth-order valence-electron chi connectivity index (χ4n) is 5.53. The number of esters is 1. The molecule has 0 bridgehead atoms. The van der Waals surface area contributed by atoms with E-state index in [0.29, 0.717) is 24.5 Å². The van der Waals surface area contributed by atoms with Gasteiger partial charge in [0.2, 0.25) is 0 Å². The first-order valence-electron chi connectivity index (χ1n) is 16.2. The molecule has 1 atom stereocenters. The Kier molecular flexibility index (Phi) is 11.0. The molecular formula is C37H51FN4O4. The molecule has 0 radical (unpaired) electrons. The van der Waals surface area contributed by atoms with Crippen LogP contribution in [-0.2, 0) is 14.3 Å². The fraction of sp³-hybridized carbons (Fsp3) is 0.541. The fourth-order valence-corrected chi connectivity index (χ4v) is 5.53. The van der Waals surface area contributed by atoms with Crippen LogP contribution in [0.3, 0.4) is 0 Å². The average Bonchev–Trinajstić information content (AvgIpc) is 2.97. The molecule has 0 unspecified atom stereocenters. The van der Waals surface area contributed by atoms with Crippen molar-refractivity contribution in [1.29, 1.82) is 0 Å². The van der Waals surface area contributed by atoms with E-state index in [1.54, 1.807) is 19.1 Å². The summed E-state index contributed by atoms with van der Waals surface area (Å²) >= 11 is 0. The molecule has 4 rings (SSSR count). The number of nitrogens with zero attached hydrogens (tertiary/aromatic N) is 4. The van der Waals surface area contributed by atoms with E-state index in [1.165, 1.54) is 6.07 Å². The molecule has 8 nitrogen and oxygen atoms in total. The summed E-state index contributed by atoms with van der Waals surface area (Å²) in [6, 6.07) is 8.90. The van der Waals surface area contributed by atoms with Crippen molar-refractivity contribution in [1.82, 2.24) is 9.97 Å². The van der Waals surface area contributed by atoms with Crippen molar-refractivity contribution in [2.24, 2.45) is 5.41 Å². The first-order valence-corrected chi connectivity index (χ1v) is 16.2. The normalized spacial score (nSPS) is 15.5. The van der Waals surface area contributed by atoms with Gasteiger partial charge in [0.25, 0.3) is 0 Å². The number of ether oxygens (including phenoxy) is 3. The van der Waals surface area contributed by atoms with Crippen molar-refractivity contribution in [3.8, 4) is 16.9 Å². The molecule has 46 heavy (non-hydrogen) atoms. The molecule has 2 aromatic heterocycles. The smallest absolute Gasteiger partial charge is 0.340 e. The molecule has 3 aromatic rings. The molecule has 0 N–H and O–H groups in total. The first kappa shape index (κ1) is 35.1. The lowest BCUT2D eigenvalue weighted by Gasteiger charge is -2.41. The van der Waals surface area contributed by atoms with Crippen LogP contribution in [0.4, 0.5) is 15.9 Å². The second-order valence-corrected chi connectivity index (χ2v) is 14.4. The van der Waals surface area contributed by atoms with Crippen molar-refractivity contribution in [2.75, 3.05) is 43.1 Å². The summed E-state index contributed by atoms with van der Waals surface area (Å²) in [5.41, 5.74) is 4.43. The van der Waals surface area contributed by atoms with Gasteiger partial charge in [0.05, 0.1) is 23.9 Å². The summed E-state index contributed by atoms with van der Waals surface area (Å²) in [7, 11) is 1.95. The monoisotopic (exact) mass is 634 g/mol. The summed E-state index contributed by atoms with van der Waals surface area (Å²) in [4.78, 5) is 27.6. The number of carbonyl (C=O) groups is 1. The number of pyridine rings is 2. The first-order chi connectivity index (χ1) is 21.5. The summed E-state index contributed by atoms with van der Waals surface area (Å²) in [5, 5.41) is 0. The molecule has 1 aromatic carbocycles. The van der Waals surface area contributed by atoms with Gasteiger partial charge in [-0.1, -0.05) is 19.9 Å². The minimum atomic E-state index is -0.944. The Morgan fingerprint density at radius 2 is 1.76 bits per heavy atom. The van der Waals surface area contributed by atoms with Gasteiger partial charge in [-0.2, -0.15) is 0 Å². The number of anilines is 2. The molecule has 0 amide bonds. The van der Waals surface area contributed by atoms with Gasteiger partial charge >= 0.3 is 5.97 Å². The van der Waals surface area contributed by atoms with Crippen LogP contribution in [0.15, 0.2) is 42.7 Å². The average molecular weight is 635 g/mol. The third kappa shape index (κ3) is 8.96. The van der Waals surface area contributed by atoms with E-state index in [9.17, 15) is 9.18 Å². The standard InChI is InChI=1S/C37H51FN4O4/c1-24(2)45-35(43)34(46-36(5,6)7)32-26(4)39-23-29(33(32)42-17-15-37(8,9)16-18-42)27-12-14-31(40-22-27)41(10)19-20-44-28-13-11-25(3)30(38)21-28/h11-14,21-24,34H,15-20H2,1-10H3/t34-/m0/s1. The summed E-state index contributed by atoms with van der Waals surface area (Å²) in [5.74, 6) is 0.578. The van der Waals surface area contributed by atoms with E-state index < -0.39 is 17.7 Å². The molecule has 0 saturated carbocycles. The van der Waals surface area contributed by atoms with Crippen LogP contribution in [0, 0.1) is 25.1 Å². The largest absolute Gasteiger partial charge is 0.492 e. The second-order valence-electron chi connectivity index (χ2n) is 14.4. The number of rotatable bonds is 11. The molecule has 9 heteroatoms. The van der Waals surface area contributed by atoms with Gasteiger partial charge in [-0.25, -0.2) is 14.2 Å². The number of hydrogen-bond donors (Lipinski definition) is 0. The molecule has 1 saturated heterocycles. The van der Waals surface area contributed by atoms with Gasteiger partial charge in [0, 0.05) is 61.0 Å². The Bertz CT molecular complexity index is 1490. The molecule has 250 valence electrons. The minimum absolute atomic E-state index is 0.238. The Morgan fingerprint density at radius 1 is 1.07 bits per heavy atom. The van der Waals surface area contributed by atoms with E-state index in [0.717, 1.165) is 59.8 Å². The molecular weight excluding hydrogens is 583 g/mol. The molecule has 0 spiro atoms. The molecule has 1 aliphatic rings. The molecule has 1 fully saturated rings. The maximum Gasteiger partial charge on any atom is 0.340 e. The number of aromatic nitrogens is 2. The van der Waals surface area contributed by atoms with Crippen molar-refractivity contribution in [2.45, 2.75) is 93.0 Å². The van der Waals surface area contributed by atoms with Crippen LogP contribution in [0.5, 0.6) is 5.75 Å². The zero-order valence-electron chi connectivity index (χ0n) is 29.2. The SMILES string of the molecule is Cc1ccc(OCCN(C)c2ccc(-c3cnc(C)c([C@H](OC(C)(C)C)C(=O)OC(C)C)c3N3CCC(C)(C)CC3)cn2)cc1F. The summed E-state index contributed by atoms with van der Waals surface area (Å²) in [6.45, 7) is 20.4. The molecule has 1 aliphatic heterocycles. The van der Waals surface area contributed by atoms with Crippen molar-refractivity contribution >= 4 is 17.5 Å². The minimum Gasteiger partial charge on any atom is -0.492 e. The van der Waals surface area contributed by atoms with Crippen LogP contribution in [0.1, 0.15) is 84.2 Å². The zero-order valence-corrected chi connectivity index (χ0v) is 29.2. The number of hydrogen-bond acceptors (Lipinski definition) is 8. The quantitative estimate of drug-likeness (QED) is 0.198. The van der Waals surface area contributed by atoms with E-state index >= 15 is 0 Å². The highest BCUT2D eigenvalue weighted by Gasteiger charge is 2.37. The Hall–Kier alpha value is -3.72. The molecule has 3 heterocycles. The van der Waals surface area contributed by atoms with Gasteiger partial charge in [-0.15, -0.1) is 0 Å². The second kappa shape index (κ2) is 14.4. The lowest BCUT2D eigenvalue weighted by atomic mass is 9.82. The number of benzene rings is 1. The third-order valence-electron chi connectivity index (χ3n) is 8.31. The van der Waals surface area contributed by atoms with Crippen molar-refractivity contribution in [3.05, 3.63) is 65.4 Å².